The highest BCUT2D eigenvalue weighted by Gasteiger charge is 2.13. The Bertz CT molecular complexity index is 596. The van der Waals surface area contributed by atoms with E-state index in [4.69, 9.17) is 17.3 Å². The molecule has 0 radical (unpaired) electrons. The Balaban J connectivity index is 2.21. The maximum atomic E-state index is 12.0. The summed E-state index contributed by atoms with van der Waals surface area (Å²) in [5.74, 6) is -0.208. The molecule has 0 bridgehead atoms. The molecule has 94 valence electrons. The van der Waals surface area contributed by atoms with Crippen LogP contribution in [0.3, 0.4) is 0 Å². The average molecular weight is 411 g/mol. The van der Waals surface area contributed by atoms with Crippen LogP contribution >= 0.6 is 54.8 Å². The summed E-state index contributed by atoms with van der Waals surface area (Å²) in [4.78, 5) is 12.6. The van der Waals surface area contributed by atoms with Crippen molar-refractivity contribution in [1.82, 2.24) is 0 Å². The highest BCUT2D eigenvalue weighted by molar-refractivity contribution is 9.13. The highest BCUT2D eigenvalue weighted by atomic mass is 79.9. The first-order valence-corrected chi connectivity index (χ1v) is 7.56. The Morgan fingerprint density at radius 1 is 1.33 bits per heavy atom. The number of nitrogens with two attached hydrogens (primary N) is 1. The third-order valence-electron chi connectivity index (χ3n) is 2.13. The Morgan fingerprint density at radius 3 is 2.61 bits per heavy atom. The van der Waals surface area contributed by atoms with Crippen LogP contribution in [0.1, 0.15) is 9.67 Å². The second-order valence-electron chi connectivity index (χ2n) is 3.42. The molecule has 3 nitrogen and oxygen atoms in total. The van der Waals surface area contributed by atoms with Crippen molar-refractivity contribution in [2.75, 3.05) is 11.1 Å². The number of hydrogen-bond donors (Lipinski definition) is 2. The van der Waals surface area contributed by atoms with Crippen LogP contribution in [0.5, 0.6) is 0 Å². The summed E-state index contributed by atoms with van der Waals surface area (Å²) in [5.41, 5.74) is 6.75. The summed E-state index contributed by atoms with van der Waals surface area (Å²) in [7, 11) is 0. The molecule has 0 fully saturated rings. The van der Waals surface area contributed by atoms with Gasteiger partial charge in [0.05, 0.1) is 20.0 Å². The maximum Gasteiger partial charge on any atom is 0.265 e. The first-order chi connectivity index (χ1) is 8.47. The third kappa shape index (κ3) is 3.06. The molecule has 18 heavy (non-hydrogen) atoms. The molecule has 0 spiro atoms. The molecule has 0 aliphatic rings. The van der Waals surface area contributed by atoms with Gasteiger partial charge in [-0.15, -0.1) is 11.3 Å². The van der Waals surface area contributed by atoms with Gasteiger partial charge in [-0.05, 0) is 56.1 Å². The van der Waals surface area contributed by atoms with Gasteiger partial charge in [0.15, 0.2) is 0 Å². The van der Waals surface area contributed by atoms with Crippen LogP contribution in [0.25, 0.3) is 0 Å². The smallest absolute Gasteiger partial charge is 0.265 e. The van der Waals surface area contributed by atoms with Gasteiger partial charge in [-0.2, -0.15) is 0 Å². The quantitative estimate of drug-likeness (QED) is 0.702. The van der Waals surface area contributed by atoms with Crippen LogP contribution < -0.4 is 11.1 Å². The van der Waals surface area contributed by atoms with Gasteiger partial charge in [0.25, 0.3) is 5.91 Å². The minimum absolute atomic E-state index is 0.208. The summed E-state index contributed by atoms with van der Waals surface area (Å²) < 4.78 is 1.72. The van der Waals surface area contributed by atoms with Crippen LogP contribution in [-0.2, 0) is 0 Å². The SMILES string of the molecule is Nc1cc(Cl)ccc1NC(=O)c1cc(Br)c(Br)s1. The van der Waals surface area contributed by atoms with Crippen molar-refractivity contribution in [1.29, 1.82) is 0 Å². The van der Waals surface area contributed by atoms with Gasteiger partial charge in [-0.3, -0.25) is 4.79 Å². The second kappa shape index (κ2) is 5.61. The predicted octanol–water partition coefficient (Wildman–Crippen LogP) is 4.76. The number of carbonyl (C=O) groups is 1. The molecule has 1 aromatic heterocycles. The zero-order chi connectivity index (χ0) is 13.3. The Morgan fingerprint density at radius 2 is 2.06 bits per heavy atom. The molecule has 7 heteroatoms. The molecule has 1 heterocycles. The number of rotatable bonds is 2. The fourth-order valence-corrected chi connectivity index (χ4v) is 3.40. The zero-order valence-corrected chi connectivity index (χ0v) is 13.6. The van der Waals surface area contributed by atoms with Crippen molar-refractivity contribution in [2.24, 2.45) is 0 Å². The van der Waals surface area contributed by atoms with Crippen LogP contribution in [0.4, 0.5) is 11.4 Å². The van der Waals surface area contributed by atoms with E-state index in [-0.39, 0.29) is 5.91 Å². The number of nitrogens with one attached hydrogen (secondary N) is 1. The van der Waals surface area contributed by atoms with Gasteiger partial charge in [-0.1, -0.05) is 11.6 Å². The van der Waals surface area contributed by atoms with Gasteiger partial charge >= 0.3 is 0 Å². The van der Waals surface area contributed by atoms with Gasteiger partial charge in [0.1, 0.15) is 0 Å². The van der Waals surface area contributed by atoms with Gasteiger partial charge < -0.3 is 11.1 Å². The van der Waals surface area contributed by atoms with Crippen LogP contribution in [0.2, 0.25) is 5.02 Å². The molecule has 3 N–H and O–H groups in total. The molecule has 0 saturated heterocycles. The summed E-state index contributed by atoms with van der Waals surface area (Å²) >= 11 is 13.8. The first kappa shape index (κ1) is 13.9. The summed E-state index contributed by atoms with van der Waals surface area (Å²) in [6, 6.07) is 6.69. The minimum atomic E-state index is -0.208. The standard InChI is InChI=1S/C11H7Br2ClN2OS/c12-6-4-9(18-10(6)13)11(17)16-8-2-1-5(14)3-7(8)15/h1-4H,15H2,(H,16,17). The van der Waals surface area contributed by atoms with Crippen LogP contribution in [0.15, 0.2) is 32.5 Å². The van der Waals surface area contributed by atoms with E-state index in [1.165, 1.54) is 11.3 Å². The molecule has 1 amide bonds. The lowest BCUT2D eigenvalue weighted by atomic mass is 10.2. The molecule has 0 unspecified atom stereocenters. The van der Waals surface area contributed by atoms with Gasteiger partial charge in [0, 0.05) is 9.50 Å². The lowest BCUT2D eigenvalue weighted by molar-refractivity contribution is 0.103. The molecule has 0 saturated carbocycles. The molecule has 0 atom stereocenters. The molecular formula is C11H7Br2ClN2OS. The number of anilines is 2. The molecule has 2 aromatic rings. The van der Waals surface area contributed by atoms with Crippen molar-refractivity contribution < 1.29 is 4.79 Å². The number of benzene rings is 1. The van der Waals surface area contributed by atoms with Crippen molar-refractivity contribution in [3.05, 3.63) is 42.4 Å². The Labute approximate surface area is 130 Å². The average Bonchev–Trinajstić information content (AvgIpc) is 2.63. The number of thiophene rings is 1. The van der Waals surface area contributed by atoms with Crippen molar-refractivity contribution in [2.45, 2.75) is 0 Å². The van der Waals surface area contributed by atoms with E-state index in [1.807, 2.05) is 0 Å². The molecule has 2 rings (SSSR count). The lowest BCUT2D eigenvalue weighted by Gasteiger charge is -2.07. The highest BCUT2D eigenvalue weighted by Crippen LogP contribution is 2.33. The Hall–Kier alpha value is -0.560. The van der Waals surface area contributed by atoms with Crippen LogP contribution in [0, 0.1) is 0 Å². The lowest BCUT2D eigenvalue weighted by Crippen LogP contribution is -2.11. The number of nitrogen functional groups attached to an aromatic ring is 1. The molecular weight excluding hydrogens is 403 g/mol. The van der Waals surface area contributed by atoms with Crippen LogP contribution in [-0.4, -0.2) is 5.91 Å². The van der Waals surface area contributed by atoms with Gasteiger partial charge in [-0.25, -0.2) is 0 Å². The fourth-order valence-electron chi connectivity index (χ4n) is 1.29. The largest absolute Gasteiger partial charge is 0.397 e. The number of hydrogen-bond acceptors (Lipinski definition) is 3. The molecule has 0 aliphatic heterocycles. The Kier molecular flexibility index (Phi) is 4.32. The van der Waals surface area contributed by atoms with E-state index in [9.17, 15) is 4.79 Å². The van der Waals surface area contributed by atoms with E-state index in [0.717, 1.165) is 8.26 Å². The monoisotopic (exact) mass is 408 g/mol. The molecule has 1 aromatic carbocycles. The van der Waals surface area contributed by atoms with Crippen molar-refractivity contribution >= 4 is 72.1 Å². The first-order valence-electron chi connectivity index (χ1n) is 4.78. The number of amides is 1. The van der Waals surface area contributed by atoms with Gasteiger partial charge in [0.2, 0.25) is 0 Å². The third-order valence-corrected chi connectivity index (χ3v) is 5.62. The van der Waals surface area contributed by atoms with Crippen molar-refractivity contribution in [3.8, 4) is 0 Å². The van der Waals surface area contributed by atoms with E-state index in [1.54, 1.807) is 24.3 Å². The topological polar surface area (TPSA) is 55.1 Å². The predicted molar refractivity (Wildman–Crippen MR) is 83.5 cm³/mol. The van der Waals surface area contributed by atoms with E-state index in [0.29, 0.717) is 21.3 Å². The molecule has 0 aliphatic carbocycles. The van der Waals surface area contributed by atoms with E-state index >= 15 is 0 Å². The fraction of sp³-hybridized carbons (Fsp3) is 0. The summed E-state index contributed by atoms with van der Waals surface area (Å²) in [6.45, 7) is 0. The number of carbonyl (C=O) groups excluding carboxylic acids is 1. The van der Waals surface area contributed by atoms with E-state index in [2.05, 4.69) is 37.2 Å². The van der Waals surface area contributed by atoms with Crippen molar-refractivity contribution in [3.63, 3.8) is 0 Å². The maximum absolute atomic E-state index is 12.0. The normalized spacial score (nSPS) is 10.4. The zero-order valence-electron chi connectivity index (χ0n) is 8.84. The minimum Gasteiger partial charge on any atom is -0.397 e. The summed E-state index contributed by atoms with van der Waals surface area (Å²) in [6.07, 6.45) is 0. The van der Waals surface area contributed by atoms with E-state index < -0.39 is 0 Å². The number of halogens is 3. The summed E-state index contributed by atoms with van der Waals surface area (Å²) in [5, 5.41) is 3.27. The second-order valence-corrected chi connectivity index (χ2v) is 7.08.